The number of aliphatic hydroxyl groups is 1. The van der Waals surface area contributed by atoms with Crippen LogP contribution in [-0.2, 0) is 9.47 Å². The van der Waals surface area contributed by atoms with Crippen molar-refractivity contribution in [2.75, 3.05) is 0 Å². The van der Waals surface area contributed by atoms with Gasteiger partial charge in [0, 0.05) is 19.3 Å². The minimum Gasteiger partial charge on any atom is -0.383 e. The van der Waals surface area contributed by atoms with Gasteiger partial charge in [0.05, 0.1) is 6.10 Å². The van der Waals surface area contributed by atoms with Gasteiger partial charge in [0.15, 0.2) is 5.79 Å². The van der Waals surface area contributed by atoms with E-state index in [9.17, 15) is 5.11 Å². The van der Waals surface area contributed by atoms with Crippen LogP contribution in [0.15, 0.2) is 24.3 Å². The van der Waals surface area contributed by atoms with Crippen molar-refractivity contribution >= 4 is 0 Å². The van der Waals surface area contributed by atoms with Crippen LogP contribution in [0.3, 0.4) is 0 Å². The molecule has 3 nitrogen and oxygen atoms in total. The van der Waals surface area contributed by atoms with Gasteiger partial charge in [-0.3, -0.25) is 0 Å². The van der Waals surface area contributed by atoms with Crippen molar-refractivity contribution in [3.8, 4) is 0 Å². The topological polar surface area (TPSA) is 38.7 Å². The Kier molecular flexibility index (Phi) is 3.32. The van der Waals surface area contributed by atoms with Gasteiger partial charge < -0.3 is 14.6 Å². The number of fused-ring (bicyclic) bond motifs is 1. The first-order valence-corrected chi connectivity index (χ1v) is 7.44. The molecule has 0 aromatic rings. The Morgan fingerprint density at radius 3 is 2.79 bits per heavy atom. The minimum absolute atomic E-state index is 0.00644. The number of ether oxygens (including phenoxy) is 2. The highest BCUT2D eigenvalue weighted by Gasteiger charge is 2.55. The third kappa shape index (κ3) is 2.28. The van der Waals surface area contributed by atoms with Crippen LogP contribution in [0.4, 0.5) is 0 Å². The summed E-state index contributed by atoms with van der Waals surface area (Å²) in [6.45, 7) is 5.81. The standard InChI is InChI=1S/C16H24O3/c1-3-7-15(17)11-12(2)10-13-14(15)19-16(18-13)8-5-4-6-9-16/h3,11,13-14,17H,1,4-10H2,2H3/t13-,14-,15?/m1/s1. The van der Waals surface area contributed by atoms with Gasteiger partial charge in [0.25, 0.3) is 0 Å². The van der Waals surface area contributed by atoms with E-state index in [1.807, 2.05) is 6.08 Å². The van der Waals surface area contributed by atoms with Crippen molar-refractivity contribution in [2.24, 2.45) is 0 Å². The Bertz CT molecular complexity index is 395. The SMILES string of the molecule is C=CCC1(O)C=C(C)C[C@H]2OC3(CCCCC3)O[C@H]21. The van der Waals surface area contributed by atoms with E-state index >= 15 is 0 Å². The van der Waals surface area contributed by atoms with E-state index in [2.05, 4.69) is 13.5 Å². The third-order valence-corrected chi connectivity index (χ3v) is 4.64. The molecule has 0 bridgehead atoms. The Morgan fingerprint density at radius 1 is 1.37 bits per heavy atom. The van der Waals surface area contributed by atoms with Gasteiger partial charge >= 0.3 is 0 Å². The Morgan fingerprint density at radius 2 is 2.11 bits per heavy atom. The molecule has 3 aliphatic rings. The Labute approximate surface area is 115 Å². The molecule has 1 spiro atoms. The molecule has 1 saturated carbocycles. The molecule has 106 valence electrons. The maximum atomic E-state index is 10.9. The molecule has 1 aliphatic heterocycles. The first kappa shape index (κ1) is 13.3. The van der Waals surface area contributed by atoms with E-state index in [4.69, 9.17) is 9.47 Å². The molecule has 0 aromatic heterocycles. The zero-order valence-corrected chi connectivity index (χ0v) is 11.7. The number of hydrogen-bond donors (Lipinski definition) is 1. The fourth-order valence-electron chi connectivity index (χ4n) is 3.86. The van der Waals surface area contributed by atoms with Gasteiger partial charge in [-0.05, 0) is 26.2 Å². The molecular weight excluding hydrogens is 240 g/mol. The summed E-state index contributed by atoms with van der Waals surface area (Å²) in [6.07, 6.45) is 10.3. The van der Waals surface area contributed by atoms with E-state index in [0.29, 0.717) is 6.42 Å². The molecule has 3 atom stereocenters. The first-order valence-electron chi connectivity index (χ1n) is 7.44. The van der Waals surface area contributed by atoms with Crippen LogP contribution in [0.2, 0.25) is 0 Å². The van der Waals surface area contributed by atoms with Crippen LogP contribution in [-0.4, -0.2) is 28.7 Å². The molecule has 0 radical (unpaired) electrons. The monoisotopic (exact) mass is 264 g/mol. The average Bonchev–Trinajstić information content (AvgIpc) is 2.69. The smallest absolute Gasteiger partial charge is 0.169 e. The van der Waals surface area contributed by atoms with Crippen molar-refractivity contribution in [1.29, 1.82) is 0 Å². The maximum absolute atomic E-state index is 10.9. The molecule has 1 saturated heterocycles. The van der Waals surface area contributed by atoms with Gasteiger partial charge in [-0.1, -0.05) is 24.1 Å². The zero-order valence-electron chi connectivity index (χ0n) is 11.7. The van der Waals surface area contributed by atoms with Crippen molar-refractivity contribution in [3.63, 3.8) is 0 Å². The average molecular weight is 264 g/mol. The lowest BCUT2D eigenvalue weighted by Crippen LogP contribution is -2.49. The van der Waals surface area contributed by atoms with Gasteiger partial charge in [0.2, 0.25) is 0 Å². The predicted molar refractivity (Wildman–Crippen MR) is 73.7 cm³/mol. The molecule has 2 fully saturated rings. The Balaban J connectivity index is 1.85. The van der Waals surface area contributed by atoms with Crippen LogP contribution in [0, 0.1) is 0 Å². The molecule has 1 heterocycles. The van der Waals surface area contributed by atoms with Crippen LogP contribution in [0.1, 0.15) is 51.9 Å². The molecule has 1 unspecified atom stereocenters. The van der Waals surface area contributed by atoms with Crippen LogP contribution >= 0.6 is 0 Å². The lowest BCUT2D eigenvalue weighted by atomic mass is 9.80. The molecular formula is C16H24O3. The second kappa shape index (κ2) is 4.72. The van der Waals surface area contributed by atoms with E-state index in [-0.39, 0.29) is 12.2 Å². The molecule has 2 aliphatic carbocycles. The van der Waals surface area contributed by atoms with Crippen molar-refractivity contribution in [1.82, 2.24) is 0 Å². The fraction of sp³-hybridized carbons (Fsp3) is 0.750. The summed E-state index contributed by atoms with van der Waals surface area (Å²) in [5, 5.41) is 10.9. The quantitative estimate of drug-likeness (QED) is 0.779. The van der Waals surface area contributed by atoms with Gasteiger partial charge in [0.1, 0.15) is 11.7 Å². The lowest BCUT2D eigenvalue weighted by molar-refractivity contribution is -0.204. The third-order valence-electron chi connectivity index (χ3n) is 4.64. The van der Waals surface area contributed by atoms with Crippen molar-refractivity contribution < 1.29 is 14.6 Å². The highest BCUT2D eigenvalue weighted by molar-refractivity contribution is 5.22. The largest absolute Gasteiger partial charge is 0.383 e. The van der Waals surface area contributed by atoms with Crippen molar-refractivity contribution in [2.45, 2.75) is 75.5 Å². The van der Waals surface area contributed by atoms with Crippen molar-refractivity contribution in [3.05, 3.63) is 24.3 Å². The lowest BCUT2D eigenvalue weighted by Gasteiger charge is -2.37. The molecule has 0 aromatic carbocycles. The van der Waals surface area contributed by atoms with Gasteiger partial charge in [-0.15, -0.1) is 6.58 Å². The summed E-state index contributed by atoms with van der Waals surface area (Å²) in [5.41, 5.74) is 0.234. The molecule has 3 rings (SSSR count). The van der Waals surface area contributed by atoms with Crippen LogP contribution < -0.4 is 0 Å². The molecule has 1 N–H and O–H groups in total. The fourth-order valence-corrected chi connectivity index (χ4v) is 3.86. The minimum atomic E-state index is -0.949. The summed E-state index contributed by atoms with van der Waals surface area (Å²) in [7, 11) is 0. The van der Waals surface area contributed by atoms with E-state index in [1.54, 1.807) is 6.08 Å². The first-order chi connectivity index (χ1) is 9.07. The van der Waals surface area contributed by atoms with E-state index in [1.165, 1.54) is 12.0 Å². The highest BCUT2D eigenvalue weighted by atomic mass is 16.8. The highest BCUT2D eigenvalue weighted by Crippen LogP contribution is 2.47. The number of hydrogen-bond acceptors (Lipinski definition) is 3. The van der Waals surface area contributed by atoms with Crippen LogP contribution in [0.5, 0.6) is 0 Å². The summed E-state index contributed by atoms with van der Waals surface area (Å²) < 4.78 is 12.5. The summed E-state index contributed by atoms with van der Waals surface area (Å²) in [6, 6.07) is 0. The molecule has 3 heteroatoms. The zero-order chi connectivity index (χ0) is 13.5. The van der Waals surface area contributed by atoms with Crippen LogP contribution in [0.25, 0.3) is 0 Å². The van der Waals surface area contributed by atoms with Gasteiger partial charge in [-0.2, -0.15) is 0 Å². The molecule has 0 amide bonds. The summed E-state index contributed by atoms with van der Waals surface area (Å²) in [4.78, 5) is 0. The van der Waals surface area contributed by atoms with E-state index in [0.717, 1.165) is 32.1 Å². The van der Waals surface area contributed by atoms with E-state index < -0.39 is 11.4 Å². The number of rotatable bonds is 2. The van der Waals surface area contributed by atoms with Gasteiger partial charge in [-0.25, -0.2) is 0 Å². The second-order valence-corrected chi connectivity index (χ2v) is 6.34. The summed E-state index contributed by atoms with van der Waals surface area (Å²) >= 11 is 0. The second-order valence-electron chi connectivity index (χ2n) is 6.34. The maximum Gasteiger partial charge on any atom is 0.169 e. The summed E-state index contributed by atoms with van der Waals surface area (Å²) in [5.74, 6) is -0.429. The predicted octanol–water partition coefficient (Wildman–Crippen LogP) is 3.09. The normalized spacial score (nSPS) is 40.8. The Hall–Kier alpha value is -0.640. The molecule has 19 heavy (non-hydrogen) atoms.